The Hall–Kier alpha value is -2.68. The summed E-state index contributed by atoms with van der Waals surface area (Å²) in [7, 11) is 0. The molecule has 2 aromatic rings. The zero-order valence-electron chi connectivity index (χ0n) is 13.1. The van der Waals surface area contributed by atoms with Crippen molar-refractivity contribution in [1.82, 2.24) is 0 Å². The summed E-state index contributed by atoms with van der Waals surface area (Å²) in [4.78, 5) is 11.2. The molecular formula is C20H17FO2. The summed E-state index contributed by atoms with van der Waals surface area (Å²) in [5.41, 5.74) is 6.84. The molecule has 0 fully saturated rings. The third-order valence-corrected chi connectivity index (χ3v) is 4.16. The van der Waals surface area contributed by atoms with E-state index >= 15 is 0 Å². The van der Waals surface area contributed by atoms with Gasteiger partial charge in [-0.1, -0.05) is 35.9 Å². The van der Waals surface area contributed by atoms with Crippen LogP contribution in [0.3, 0.4) is 0 Å². The lowest BCUT2D eigenvalue weighted by Gasteiger charge is -2.05. The average molecular weight is 308 g/mol. The molecule has 1 aliphatic rings. The van der Waals surface area contributed by atoms with E-state index in [4.69, 9.17) is 0 Å². The van der Waals surface area contributed by atoms with Gasteiger partial charge in [-0.15, -0.1) is 0 Å². The van der Waals surface area contributed by atoms with Crippen LogP contribution in [0.2, 0.25) is 0 Å². The Bertz CT molecular complexity index is 842. The van der Waals surface area contributed by atoms with E-state index in [1.165, 1.54) is 12.1 Å². The van der Waals surface area contributed by atoms with Gasteiger partial charge in [-0.2, -0.15) is 0 Å². The maximum absolute atomic E-state index is 13.1. The Morgan fingerprint density at radius 2 is 1.78 bits per heavy atom. The smallest absolute Gasteiger partial charge is 0.307 e. The number of carboxylic acids is 1. The lowest BCUT2D eigenvalue weighted by molar-refractivity contribution is -0.135. The number of carbonyl (C=O) groups is 1. The van der Waals surface area contributed by atoms with Crippen LogP contribution in [-0.2, 0) is 4.79 Å². The number of benzene rings is 2. The lowest BCUT2D eigenvalue weighted by atomic mass is 9.99. The van der Waals surface area contributed by atoms with Crippen LogP contribution in [0.15, 0.2) is 48.0 Å². The molecule has 0 aliphatic heterocycles. The topological polar surface area (TPSA) is 37.3 Å². The predicted octanol–water partition coefficient (Wildman–Crippen LogP) is 4.94. The van der Waals surface area contributed by atoms with Gasteiger partial charge in [-0.25, -0.2) is 4.39 Å². The third kappa shape index (κ3) is 2.95. The molecule has 1 aliphatic carbocycles. The molecule has 3 rings (SSSR count). The zero-order chi connectivity index (χ0) is 16.6. The largest absolute Gasteiger partial charge is 0.481 e. The quantitative estimate of drug-likeness (QED) is 0.872. The second-order valence-electron chi connectivity index (χ2n) is 5.83. The van der Waals surface area contributed by atoms with E-state index in [1.807, 2.05) is 38.1 Å². The van der Waals surface area contributed by atoms with Crippen molar-refractivity contribution in [3.63, 3.8) is 0 Å². The molecule has 2 aromatic carbocycles. The number of hydrogen-bond acceptors (Lipinski definition) is 1. The van der Waals surface area contributed by atoms with Crippen molar-refractivity contribution in [2.24, 2.45) is 0 Å². The van der Waals surface area contributed by atoms with Gasteiger partial charge in [0.25, 0.3) is 0 Å². The highest BCUT2D eigenvalue weighted by Gasteiger charge is 2.25. The molecule has 1 N–H and O–H groups in total. The van der Waals surface area contributed by atoms with Crippen LogP contribution in [0, 0.1) is 12.7 Å². The van der Waals surface area contributed by atoms with Crippen molar-refractivity contribution >= 4 is 23.2 Å². The van der Waals surface area contributed by atoms with Gasteiger partial charge in [0.1, 0.15) is 5.82 Å². The molecule has 0 radical (unpaired) electrons. The third-order valence-electron chi connectivity index (χ3n) is 4.16. The molecule has 3 heteroatoms. The van der Waals surface area contributed by atoms with E-state index in [1.54, 1.807) is 12.1 Å². The number of halogens is 1. The van der Waals surface area contributed by atoms with Crippen molar-refractivity contribution in [2.45, 2.75) is 20.3 Å². The van der Waals surface area contributed by atoms with Crippen LogP contribution in [0.4, 0.5) is 4.39 Å². The van der Waals surface area contributed by atoms with Crippen molar-refractivity contribution in [2.75, 3.05) is 0 Å². The number of rotatable bonds is 3. The predicted molar refractivity (Wildman–Crippen MR) is 90.3 cm³/mol. The van der Waals surface area contributed by atoms with Gasteiger partial charge in [-0.3, -0.25) is 4.79 Å². The summed E-state index contributed by atoms with van der Waals surface area (Å²) in [6, 6.07) is 12.4. The van der Waals surface area contributed by atoms with E-state index in [0.717, 1.165) is 39.0 Å². The van der Waals surface area contributed by atoms with E-state index < -0.39 is 5.97 Å². The van der Waals surface area contributed by atoms with Gasteiger partial charge in [0.2, 0.25) is 0 Å². The van der Waals surface area contributed by atoms with E-state index in [9.17, 15) is 14.3 Å². The highest BCUT2D eigenvalue weighted by atomic mass is 19.1. The maximum Gasteiger partial charge on any atom is 0.307 e. The minimum Gasteiger partial charge on any atom is -0.481 e. The fourth-order valence-corrected chi connectivity index (χ4v) is 3.00. The number of fused-ring (bicyclic) bond motifs is 1. The molecule has 0 atom stereocenters. The molecule has 0 spiro atoms. The van der Waals surface area contributed by atoms with Crippen LogP contribution in [0.5, 0.6) is 0 Å². The summed E-state index contributed by atoms with van der Waals surface area (Å²) in [5, 5.41) is 9.20. The normalized spacial score (nSPS) is 15.2. The van der Waals surface area contributed by atoms with Gasteiger partial charge in [0, 0.05) is 0 Å². The Balaban J connectivity index is 2.15. The second kappa shape index (κ2) is 5.84. The summed E-state index contributed by atoms with van der Waals surface area (Å²) < 4.78 is 13.1. The van der Waals surface area contributed by atoms with E-state index in [0.29, 0.717) is 0 Å². The Morgan fingerprint density at radius 1 is 1.09 bits per heavy atom. The molecule has 0 bridgehead atoms. The Kier molecular flexibility index (Phi) is 3.87. The maximum atomic E-state index is 13.1. The van der Waals surface area contributed by atoms with Crippen LogP contribution in [0.25, 0.3) is 17.2 Å². The van der Waals surface area contributed by atoms with Crippen LogP contribution < -0.4 is 0 Å². The average Bonchev–Trinajstić information content (AvgIpc) is 2.74. The van der Waals surface area contributed by atoms with Gasteiger partial charge in [-0.05, 0) is 65.5 Å². The number of aliphatic carboxylic acids is 1. The molecule has 116 valence electrons. The molecule has 0 unspecified atom stereocenters. The number of allylic oxidation sites excluding steroid dienone is 2. The minimum atomic E-state index is -0.838. The van der Waals surface area contributed by atoms with Gasteiger partial charge >= 0.3 is 5.97 Å². The van der Waals surface area contributed by atoms with E-state index in [2.05, 4.69) is 0 Å². The monoisotopic (exact) mass is 308 g/mol. The highest BCUT2D eigenvalue weighted by Crippen LogP contribution is 2.43. The second-order valence-corrected chi connectivity index (χ2v) is 5.83. The summed E-state index contributed by atoms with van der Waals surface area (Å²) in [5.74, 6) is -1.11. The molecule has 0 heterocycles. The number of carboxylic acid groups (broad SMARTS) is 1. The standard InChI is InChI=1S/C20H17FO2/c1-12-3-8-16-17(10-14-4-6-15(21)7-5-14)13(2)18(11-20(22)23)19(16)9-12/h3-10H,11H2,1-2H3,(H,22,23)/b17-10-. The molecule has 0 saturated carbocycles. The fourth-order valence-electron chi connectivity index (χ4n) is 3.00. The van der Waals surface area contributed by atoms with E-state index in [-0.39, 0.29) is 12.2 Å². The van der Waals surface area contributed by atoms with Crippen molar-refractivity contribution < 1.29 is 14.3 Å². The zero-order valence-corrected chi connectivity index (χ0v) is 13.1. The van der Waals surface area contributed by atoms with Gasteiger partial charge in [0.05, 0.1) is 6.42 Å². The fraction of sp³-hybridized carbons (Fsp3) is 0.150. The summed E-state index contributed by atoms with van der Waals surface area (Å²) in [6.07, 6.45) is 1.99. The molecule has 23 heavy (non-hydrogen) atoms. The van der Waals surface area contributed by atoms with Crippen molar-refractivity contribution in [3.8, 4) is 0 Å². The SMILES string of the molecule is CC1=C(CC(=O)O)c2cc(C)ccc2/C1=C\c1ccc(F)cc1. The molecule has 0 amide bonds. The first-order chi connectivity index (χ1) is 11.0. The molecule has 2 nitrogen and oxygen atoms in total. The van der Waals surface area contributed by atoms with Gasteiger partial charge < -0.3 is 5.11 Å². The number of hydrogen-bond donors (Lipinski definition) is 1. The Labute approximate surface area is 134 Å². The Morgan fingerprint density at radius 3 is 2.43 bits per heavy atom. The summed E-state index contributed by atoms with van der Waals surface area (Å²) in [6.45, 7) is 3.94. The molecular weight excluding hydrogens is 291 g/mol. The van der Waals surface area contributed by atoms with Crippen LogP contribution >= 0.6 is 0 Å². The minimum absolute atomic E-state index is 0.00302. The van der Waals surface area contributed by atoms with Crippen molar-refractivity contribution in [3.05, 3.63) is 76.1 Å². The highest BCUT2D eigenvalue weighted by molar-refractivity contribution is 6.07. The first-order valence-electron chi connectivity index (χ1n) is 7.46. The lowest BCUT2D eigenvalue weighted by Crippen LogP contribution is -1.97. The molecule has 0 aromatic heterocycles. The van der Waals surface area contributed by atoms with Crippen LogP contribution in [-0.4, -0.2) is 11.1 Å². The first-order valence-corrected chi connectivity index (χ1v) is 7.46. The van der Waals surface area contributed by atoms with Gasteiger partial charge in [0.15, 0.2) is 0 Å². The first kappa shape index (κ1) is 15.2. The van der Waals surface area contributed by atoms with Crippen molar-refractivity contribution in [1.29, 1.82) is 0 Å². The number of aryl methyl sites for hydroxylation is 1. The summed E-state index contributed by atoms with van der Waals surface area (Å²) >= 11 is 0. The van der Waals surface area contributed by atoms with Crippen LogP contribution in [0.1, 0.15) is 35.6 Å². The molecule has 0 saturated heterocycles.